The lowest BCUT2D eigenvalue weighted by atomic mass is 9.74. The van der Waals surface area contributed by atoms with Gasteiger partial charge < -0.3 is 10.5 Å². The SMILES string of the molecule is COC(=O)C[C@@H]1CC[C@H](N)[C@H](c2ccc(C(F)(F)F)cc2)C1. The van der Waals surface area contributed by atoms with E-state index in [0.717, 1.165) is 30.5 Å². The van der Waals surface area contributed by atoms with E-state index in [1.54, 1.807) is 0 Å². The van der Waals surface area contributed by atoms with E-state index in [1.165, 1.54) is 19.2 Å². The maximum Gasteiger partial charge on any atom is 0.416 e. The summed E-state index contributed by atoms with van der Waals surface area (Å²) in [5.41, 5.74) is 6.26. The Morgan fingerprint density at radius 2 is 1.91 bits per heavy atom. The predicted molar refractivity (Wildman–Crippen MR) is 76.1 cm³/mol. The number of halogens is 3. The van der Waals surface area contributed by atoms with Crippen molar-refractivity contribution in [2.45, 2.75) is 43.8 Å². The van der Waals surface area contributed by atoms with Gasteiger partial charge in [0, 0.05) is 12.5 Å². The Kier molecular flexibility index (Phi) is 5.11. The molecule has 1 aromatic rings. The molecule has 1 saturated carbocycles. The lowest BCUT2D eigenvalue weighted by molar-refractivity contribution is -0.142. The number of carbonyl (C=O) groups is 1. The van der Waals surface area contributed by atoms with Gasteiger partial charge in [-0.3, -0.25) is 4.79 Å². The smallest absolute Gasteiger partial charge is 0.416 e. The molecule has 1 fully saturated rings. The molecule has 2 rings (SSSR count). The first kappa shape index (κ1) is 16.8. The summed E-state index contributed by atoms with van der Waals surface area (Å²) in [5.74, 6) is -0.114. The van der Waals surface area contributed by atoms with Crippen molar-refractivity contribution in [3.05, 3.63) is 35.4 Å². The number of esters is 1. The second-order valence-electron chi connectivity index (χ2n) is 5.85. The van der Waals surface area contributed by atoms with Crippen molar-refractivity contribution < 1.29 is 22.7 Å². The van der Waals surface area contributed by atoms with Gasteiger partial charge in [0.25, 0.3) is 0 Å². The number of hydrogen-bond acceptors (Lipinski definition) is 3. The minimum Gasteiger partial charge on any atom is -0.469 e. The molecule has 0 unspecified atom stereocenters. The highest BCUT2D eigenvalue weighted by Gasteiger charge is 2.33. The number of hydrogen-bond donors (Lipinski definition) is 1. The maximum atomic E-state index is 12.6. The Bertz CT molecular complexity index is 513. The molecule has 0 amide bonds. The zero-order valence-corrected chi connectivity index (χ0v) is 12.4. The minimum atomic E-state index is -4.33. The van der Waals surface area contributed by atoms with Crippen LogP contribution in [0.3, 0.4) is 0 Å². The van der Waals surface area contributed by atoms with Crippen LogP contribution in [-0.2, 0) is 15.7 Å². The quantitative estimate of drug-likeness (QED) is 0.869. The number of alkyl halides is 3. The van der Waals surface area contributed by atoms with Gasteiger partial charge in [-0.05, 0) is 48.8 Å². The van der Waals surface area contributed by atoms with Gasteiger partial charge in [0.05, 0.1) is 12.7 Å². The average Bonchev–Trinajstić information content (AvgIpc) is 2.48. The first-order valence-corrected chi connectivity index (χ1v) is 7.30. The minimum absolute atomic E-state index is 0.0225. The molecule has 1 aromatic carbocycles. The number of rotatable bonds is 3. The molecule has 0 saturated heterocycles. The molecular weight excluding hydrogens is 295 g/mol. The maximum absolute atomic E-state index is 12.6. The number of carbonyl (C=O) groups excluding carboxylic acids is 1. The van der Waals surface area contributed by atoms with Gasteiger partial charge in [0.15, 0.2) is 0 Å². The highest BCUT2D eigenvalue weighted by molar-refractivity contribution is 5.69. The zero-order valence-electron chi connectivity index (χ0n) is 12.4. The first-order valence-electron chi connectivity index (χ1n) is 7.30. The number of nitrogens with two attached hydrogens (primary N) is 1. The van der Waals surface area contributed by atoms with Crippen molar-refractivity contribution >= 4 is 5.97 Å². The molecule has 6 heteroatoms. The van der Waals surface area contributed by atoms with Gasteiger partial charge in [0.2, 0.25) is 0 Å². The fraction of sp³-hybridized carbons (Fsp3) is 0.562. The Hall–Kier alpha value is -1.56. The fourth-order valence-corrected chi connectivity index (χ4v) is 3.09. The summed E-state index contributed by atoms with van der Waals surface area (Å²) in [6.07, 6.45) is -1.70. The lowest BCUT2D eigenvalue weighted by Crippen LogP contribution is -2.35. The van der Waals surface area contributed by atoms with Crippen LogP contribution in [0.5, 0.6) is 0 Å². The third kappa shape index (κ3) is 4.00. The lowest BCUT2D eigenvalue weighted by Gasteiger charge is -2.34. The van der Waals surface area contributed by atoms with E-state index in [2.05, 4.69) is 4.74 Å². The summed E-state index contributed by atoms with van der Waals surface area (Å²) in [6, 6.07) is 5.07. The summed E-state index contributed by atoms with van der Waals surface area (Å²) in [5, 5.41) is 0. The van der Waals surface area contributed by atoms with Crippen LogP contribution in [0.4, 0.5) is 13.2 Å². The van der Waals surface area contributed by atoms with Crippen LogP contribution in [-0.4, -0.2) is 19.1 Å². The highest BCUT2D eigenvalue weighted by Crippen LogP contribution is 2.38. The van der Waals surface area contributed by atoms with Crippen LogP contribution in [0.25, 0.3) is 0 Å². The zero-order chi connectivity index (χ0) is 16.3. The Morgan fingerprint density at radius 3 is 2.45 bits per heavy atom. The fourth-order valence-electron chi connectivity index (χ4n) is 3.09. The van der Waals surface area contributed by atoms with E-state index in [9.17, 15) is 18.0 Å². The normalized spacial score (nSPS) is 25.8. The molecule has 0 aromatic heterocycles. The summed E-state index contributed by atoms with van der Waals surface area (Å²) in [6.45, 7) is 0. The van der Waals surface area contributed by atoms with Gasteiger partial charge in [-0.25, -0.2) is 0 Å². The van der Waals surface area contributed by atoms with Crippen LogP contribution in [0.2, 0.25) is 0 Å². The molecule has 1 aliphatic rings. The average molecular weight is 315 g/mol. The topological polar surface area (TPSA) is 52.3 Å². The van der Waals surface area contributed by atoms with Crippen molar-refractivity contribution in [2.75, 3.05) is 7.11 Å². The molecule has 22 heavy (non-hydrogen) atoms. The standard InChI is InChI=1S/C16H20F3NO2/c1-22-15(21)9-10-2-7-14(20)13(8-10)11-3-5-12(6-4-11)16(17,18)19/h3-6,10,13-14H,2,7-9,20H2,1H3/t10-,13+,14+/m1/s1. The van der Waals surface area contributed by atoms with Gasteiger partial charge in [-0.15, -0.1) is 0 Å². The Labute approximate surface area is 127 Å². The molecule has 0 bridgehead atoms. The molecule has 0 spiro atoms. The third-order valence-corrected chi connectivity index (χ3v) is 4.36. The van der Waals surface area contributed by atoms with Gasteiger partial charge in [-0.2, -0.15) is 13.2 Å². The molecule has 0 heterocycles. The van der Waals surface area contributed by atoms with Crippen molar-refractivity contribution in [3.8, 4) is 0 Å². The molecule has 3 atom stereocenters. The van der Waals surface area contributed by atoms with Gasteiger partial charge >= 0.3 is 12.1 Å². The molecule has 1 aliphatic carbocycles. The van der Waals surface area contributed by atoms with E-state index in [-0.39, 0.29) is 23.8 Å². The van der Waals surface area contributed by atoms with E-state index in [1.807, 2.05) is 0 Å². The van der Waals surface area contributed by atoms with E-state index < -0.39 is 11.7 Å². The number of ether oxygens (including phenoxy) is 1. The van der Waals surface area contributed by atoms with Gasteiger partial charge in [0.1, 0.15) is 0 Å². The molecule has 0 radical (unpaired) electrons. The van der Waals surface area contributed by atoms with E-state index in [0.29, 0.717) is 12.8 Å². The van der Waals surface area contributed by atoms with Crippen LogP contribution >= 0.6 is 0 Å². The Balaban J connectivity index is 2.10. The van der Waals surface area contributed by atoms with E-state index in [4.69, 9.17) is 5.73 Å². The van der Waals surface area contributed by atoms with Crippen molar-refractivity contribution in [3.63, 3.8) is 0 Å². The number of methoxy groups -OCH3 is 1. The summed E-state index contributed by atoms with van der Waals surface area (Å²) >= 11 is 0. The Morgan fingerprint density at radius 1 is 1.27 bits per heavy atom. The molecular formula is C16H20F3NO2. The van der Waals surface area contributed by atoms with Crippen molar-refractivity contribution in [2.24, 2.45) is 11.7 Å². The van der Waals surface area contributed by atoms with Crippen molar-refractivity contribution in [1.82, 2.24) is 0 Å². The summed E-state index contributed by atoms with van der Waals surface area (Å²) in [7, 11) is 1.35. The predicted octanol–water partition coefficient (Wildman–Crippen LogP) is 3.48. The van der Waals surface area contributed by atoms with E-state index >= 15 is 0 Å². The van der Waals surface area contributed by atoms with Crippen LogP contribution in [0, 0.1) is 5.92 Å². The third-order valence-electron chi connectivity index (χ3n) is 4.36. The first-order chi connectivity index (χ1) is 10.3. The second-order valence-corrected chi connectivity index (χ2v) is 5.85. The molecule has 122 valence electrons. The summed E-state index contributed by atoms with van der Waals surface area (Å²) in [4.78, 5) is 11.4. The van der Waals surface area contributed by atoms with Gasteiger partial charge in [-0.1, -0.05) is 12.1 Å². The monoisotopic (exact) mass is 315 g/mol. The van der Waals surface area contributed by atoms with Crippen LogP contribution in [0.15, 0.2) is 24.3 Å². The molecule has 2 N–H and O–H groups in total. The molecule has 3 nitrogen and oxygen atoms in total. The van der Waals surface area contributed by atoms with Crippen LogP contribution in [0.1, 0.15) is 42.7 Å². The number of benzene rings is 1. The second kappa shape index (κ2) is 6.69. The largest absolute Gasteiger partial charge is 0.469 e. The summed E-state index contributed by atoms with van der Waals surface area (Å²) < 4.78 is 42.5. The van der Waals surface area contributed by atoms with Crippen LogP contribution < -0.4 is 5.73 Å². The molecule has 0 aliphatic heterocycles. The van der Waals surface area contributed by atoms with Crippen molar-refractivity contribution in [1.29, 1.82) is 0 Å². The highest BCUT2D eigenvalue weighted by atomic mass is 19.4.